The molecule has 4 nitrogen and oxygen atoms in total. The van der Waals surface area contributed by atoms with E-state index in [1.54, 1.807) is 6.92 Å². The minimum atomic E-state index is -0.965. The first kappa shape index (κ1) is 16.6. The zero-order valence-electron chi connectivity index (χ0n) is 13.2. The van der Waals surface area contributed by atoms with Crippen LogP contribution in [0.4, 0.5) is 5.69 Å². The van der Waals surface area contributed by atoms with Crippen LogP contribution in [0.25, 0.3) is 0 Å². The molecule has 2 aliphatic carbocycles. The van der Waals surface area contributed by atoms with Crippen molar-refractivity contribution in [2.24, 2.45) is 11.3 Å². The molecule has 2 atom stereocenters. The van der Waals surface area contributed by atoms with Gasteiger partial charge in [0.15, 0.2) is 0 Å². The lowest BCUT2D eigenvalue weighted by Gasteiger charge is -2.19. The normalized spacial score (nSPS) is 26.3. The van der Waals surface area contributed by atoms with Gasteiger partial charge in [0.05, 0.1) is 11.5 Å². The Hall–Kier alpha value is -1.26. The molecule has 0 aromatic heterocycles. The van der Waals surface area contributed by atoms with E-state index in [0.717, 1.165) is 24.1 Å². The quantitative estimate of drug-likeness (QED) is 0.790. The molecular formula is C17H20Cl2N2O2. The highest BCUT2D eigenvalue weighted by Crippen LogP contribution is 2.63. The van der Waals surface area contributed by atoms with E-state index in [-0.39, 0.29) is 23.8 Å². The van der Waals surface area contributed by atoms with E-state index in [0.29, 0.717) is 6.42 Å². The molecule has 2 saturated carbocycles. The monoisotopic (exact) mass is 354 g/mol. The average molecular weight is 355 g/mol. The summed E-state index contributed by atoms with van der Waals surface area (Å²) < 4.78 is -0.965. The van der Waals surface area contributed by atoms with E-state index in [9.17, 15) is 9.59 Å². The summed E-state index contributed by atoms with van der Waals surface area (Å²) in [6.07, 6.45) is 2.43. The second kappa shape index (κ2) is 5.67. The molecule has 0 heterocycles. The Labute approximate surface area is 145 Å². The van der Waals surface area contributed by atoms with Crippen molar-refractivity contribution in [2.75, 3.05) is 5.32 Å². The largest absolute Gasteiger partial charge is 0.349 e. The number of benzene rings is 1. The lowest BCUT2D eigenvalue weighted by atomic mass is 10.0. The van der Waals surface area contributed by atoms with Crippen LogP contribution >= 0.6 is 23.2 Å². The zero-order valence-corrected chi connectivity index (χ0v) is 14.7. The standard InChI is InChI=1S/C17H20Cl2N2O2/c1-10(20-15(23)16(2)9-17(16,18)19)11-5-7-13(8-6-11)21-14(22)12-3-4-12/h5-8,10,12H,3-4,9H2,1-2H3,(H,20,23)(H,21,22). The van der Waals surface area contributed by atoms with E-state index in [2.05, 4.69) is 10.6 Å². The van der Waals surface area contributed by atoms with Crippen LogP contribution in [0.5, 0.6) is 0 Å². The van der Waals surface area contributed by atoms with Gasteiger partial charge in [0.25, 0.3) is 0 Å². The fourth-order valence-electron chi connectivity index (χ4n) is 2.53. The Morgan fingerprint density at radius 3 is 2.26 bits per heavy atom. The predicted octanol–water partition coefficient (Wildman–Crippen LogP) is 3.80. The van der Waals surface area contributed by atoms with Crippen molar-refractivity contribution in [3.63, 3.8) is 0 Å². The summed E-state index contributed by atoms with van der Waals surface area (Å²) in [4.78, 5) is 24.0. The molecule has 2 amide bonds. The van der Waals surface area contributed by atoms with Crippen molar-refractivity contribution in [3.05, 3.63) is 29.8 Å². The Morgan fingerprint density at radius 2 is 1.78 bits per heavy atom. The van der Waals surface area contributed by atoms with Gasteiger partial charge in [0.2, 0.25) is 11.8 Å². The smallest absolute Gasteiger partial charge is 0.229 e. The highest BCUT2D eigenvalue weighted by atomic mass is 35.5. The molecule has 6 heteroatoms. The summed E-state index contributed by atoms with van der Waals surface area (Å²) in [6, 6.07) is 7.35. The molecule has 2 fully saturated rings. The van der Waals surface area contributed by atoms with Gasteiger partial charge in [0.1, 0.15) is 4.33 Å². The first-order valence-corrected chi connectivity index (χ1v) is 8.58. The summed E-state index contributed by atoms with van der Waals surface area (Å²) in [7, 11) is 0. The Kier molecular flexibility index (Phi) is 4.09. The molecule has 23 heavy (non-hydrogen) atoms. The van der Waals surface area contributed by atoms with Crippen molar-refractivity contribution in [1.82, 2.24) is 5.32 Å². The number of anilines is 1. The maximum atomic E-state index is 12.3. The van der Waals surface area contributed by atoms with Crippen molar-refractivity contribution in [2.45, 2.75) is 43.5 Å². The number of nitrogens with one attached hydrogen (secondary N) is 2. The third kappa shape index (κ3) is 3.33. The highest BCUT2D eigenvalue weighted by molar-refractivity contribution is 6.53. The van der Waals surface area contributed by atoms with E-state index in [4.69, 9.17) is 23.2 Å². The minimum absolute atomic E-state index is 0.0846. The topological polar surface area (TPSA) is 58.2 Å². The van der Waals surface area contributed by atoms with Gasteiger partial charge in [-0.25, -0.2) is 0 Å². The molecule has 0 bridgehead atoms. The number of hydrogen-bond donors (Lipinski definition) is 2. The van der Waals surface area contributed by atoms with Crippen LogP contribution in [-0.2, 0) is 9.59 Å². The van der Waals surface area contributed by atoms with E-state index < -0.39 is 9.75 Å². The summed E-state index contributed by atoms with van der Waals surface area (Å²) in [5, 5.41) is 5.84. The summed E-state index contributed by atoms with van der Waals surface area (Å²) >= 11 is 12.1. The molecule has 1 aromatic rings. The third-order valence-corrected chi connectivity index (χ3v) is 5.83. The molecule has 0 radical (unpaired) electrons. The van der Waals surface area contributed by atoms with Gasteiger partial charge in [-0.05, 0) is 50.8 Å². The molecule has 124 valence electrons. The second-order valence-electron chi connectivity index (χ2n) is 6.79. The van der Waals surface area contributed by atoms with E-state index in [1.165, 1.54) is 0 Å². The molecule has 2 unspecified atom stereocenters. The second-order valence-corrected chi connectivity index (χ2v) is 8.28. The third-order valence-electron chi connectivity index (χ3n) is 4.73. The van der Waals surface area contributed by atoms with Crippen LogP contribution in [0, 0.1) is 11.3 Å². The SMILES string of the molecule is CC(NC(=O)C1(C)CC1(Cl)Cl)c1ccc(NC(=O)C2CC2)cc1. The van der Waals surface area contributed by atoms with E-state index >= 15 is 0 Å². The van der Waals surface area contributed by atoms with Crippen LogP contribution in [0.1, 0.15) is 44.7 Å². The van der Waals surface area contributed by atoms with Gasteiger partial charge >= 0.3 is 0 Å². The maximum Gasteiger partial charge on any atom is 0.229 e. The number of amides is 2. The number of rotatable bonds is 5. The van der Waals surface area contributed by atoms with E-state index in [1.807, 2.05) is 31.2 Å². The maximum absolute atomic E-state index is 12.3. The fourth-order valence-corrected chi connectivity index (χ4v) is 3.24. The zero-order chi connectivity index (χ0) is 16.8. The lowest BCUT2D eigenvalue weighted by Crippen LogP contribution is -2.35. The number of carbonyl (C=O) groups is 2. The molecule has 2 aliphatic rings. The van der Waals surface area contributed by atoms with Crippen LogP contribution in [0.3, 0.4) is 0 Å². The Balaban J connectivity index is 1.58. The Bertz CT molecular complexity index is 640. The van der Waals surface area contributed by atoms with Gasteiger partial charge in [-0.1, -0.05) is 12.1 Å². The molecule has 0 spiro atoms. The Morgan fingerprint density at radius 1 is 1.22 bits per heavy atom. The molecular weight excluding hydrogens is 335 g/mol. The molecule has 1 aromatic carbocycles. The molecule has 0 aliphatic heterocycles. The number of hydrogen-bond acceptors (Lipinski definition) is 2. The predicted molar refractivity (Wildman–Crippen MR) is 91.5 cm³/mol. The van der Waals surface area contributed by atoms with Crippen molar-refractivity contribution in [3.8, 4) is 0 Å². The number of alkyl halides is 2. The van der Waals surface area contributed by atoms with Gasteiger partial charge in [0, 0.05) is 11.6 Å². The van der Waals surface area contributed by atoms with Gasteiger partial charge in [-0.3, -0.25) is 9.59 Å². The molecule has 3 rings (SSSR count). The molecule has 2 N–H and O–H groups in total. The summed E-state index contributed by atoms with van der Waals surface area (Å²) in [5.74, 6) is 0.126. The van der Waals surface area contributed by atoms with Crippen LogP contribution in [0.2, 0.25) is 0 Å². The average Bonchev–Trinajstić information content (AvgIpc) is 3.38. The van der Waals surface area contributed by atoms with Crippen LogP contribution in [-0.4, -0.2) is 16.1 Å². The number of carbonyl (C=O) groups excluding carboxylic acids is 2. The van der Waals surface area contributed by atoms with Gasteiger partial charge < -0.3 is 10.6 Å². The minimum Gasteiger partial charge on any atom is -0.349 e. The lowest BCUT2D eigenvalue weighted by molar-refractivity contribution is -0.126. The van der Waals surface area contributed by atoms with Crippen molar-refractivity contribution < 1.29 is 9.59 Å². The van der Waals surface area contributed by atoms with Crippen molar-refractivity contribution in [1.29, 1.82) is 0 Å². The molecule has 0 saturated heterocycles. The fraction of sp³-hybridized carbons (Fsp3) is 0.529. The summed E-state index contributed by atoms with van der Waals surface area (Å²) in [5.41, 5.74) is 1.02. The van der Waals surface area contributed by atoms with Crippen LogP contribution < -0.4 is 10.6 Å². The van der Waals surface area contributed by atoms with Gasteiger partial charge in [-0.15, -0.1) is 23.2 Å². The van der Waals surface area contributed by atoms with Crippen molar-refractivity contribution >= 4 is 40.7 Å². The number of halogens is 2. The highest BCUT2D eigenvalue weighted by Gasteiger charge is 2.67. The first-order chi connectivity index (χ1) is 10.7. The van der Waals surface area contributed by atoms with Gasteiger partial charge in [-0.2, -0.15) is 0 Å². The van der Waals surface area contributed by atoms with Crippen LogP contribution in [0.15, 0.2) is 24.3 Å². The first-order valence-electron chi connectivity index (χ1n) is 7.82. The summed E-state index contributed by atoms with van der Waals surface area (Å²) in [6.45, 7) is 3.68.